The van der Waals surface area contributed by atoms with Gasteiger partial charge in [0, 0.05) is 12.1 Å². The number of anilines is 1. The molecule has 9 heteroatoms. The molecule has 7 nitrogen and oxygen atoms in total. The SMILES string of the molecule is CN1C(=O)c2ccc(C(=O)OCC(=O)Nc3cc(Cl)ccc3Cl)cc2C1=O. The van der Waals surface area contributed by atoms with E-state index in [9.17, 15) is 19.2 Å². The molecular weight excluding hydrogens is 395 g/mol. The summed E-state index contributed by atoms with van der Waals surface area (Å²) >= 11 is 11.8. The summed E-state index contributed by atoms with van der Waals surface area (Å²) in [4.78, 5) is 48.9. The van der Waals surface area contributed by atoms with Crippen LogP contribution in [0.25, 0.3) is 0 Å². The molecule has 1 aliphatic heterocycles. The lowest BCUT2D eigenvalue weighted by Gasteiger charge is -2.09. The molecule has 0 fully saturated rings. The van der Waals surface area contributed by atoms with Crippen molar-refractivity contribution in [2.24, 2.45) is 0 Å². The van der Waals surface area contributed by atoms with Crippen molar-refractivity contribution >= 4 is 52.6 Å². The van der Waals surface area contributed by atoms with Crippen LogP contribution in [0.15, 0.2) is 36.4 Å². The Morgan fingerprint density at radius 1 is 1.04 bits per heavy atom. The van der Waals surface area contributed by atoms with Gasteiger partial charge in [-0.05, 0) is 36.4 Å². The highest BCUT2D eigenvalue weighted by Gasteiger charge is 2.33. The zero-order valence-corrected chi connectivity index (χ0v) is 15.4. The highest BCUT2D eigenvalue weighted by molar-refractivity contribution is 6.35. The number of esters is 1. The first-order chi connectivity index (χ1) is 12.8. The molecule has 0 atom stereocenters. The highest BCUT2D eigenvalue weighted by Crippen LogP contribution is 2.25. The summed E-state index contributed by atoms with van der Waals surface area (Å²) in [5, 5.41) is 3.15. The average molecular weight is 407 g/mol. The van der Waals surface area contributed by atoms with Gasteiger partial charge in [0.05, 0.1) is 27.4 Å². The van der Waals surface area contributed by atoms with Gasteiger partial charge in [-0.15, -0.1) is 0 Å². The number of nitrogens with zero attached hydrogens (tertiary/aromatic N) is 1. The summed E-state index contributed by atoms with van der Waals surface area (Å²) in [5.41, 5.74) is 0.674. The molecule has 1 N–H and O–H groups in total. The first-order valence-electron chi connectivity index (χ1n) is 7.66. The monoisotopic (exact) mass is 406 g/mol. The fraction of sp³-hybridized carbons (Fsp3) is 0.111. The topological polar surface area (TPSA) is 92.8 Å². The Morgan fingerprint density at radius 3 is 2.48 bits per heavy atom. The Bertz CT molecular complexity index is 990. The number of nitrogens with one attached hydrogen (secondary N) is 1. The maximum atomic E-state index is 12.1. The fourth-order valence-electron chi connectivity index (χ4n) is 2.48. The molecule has 0 bridgehead atoms. The Morgan fingerprint density at radius 2 is 1.74 bits per heavy atom. The van der Waals surface area contributed by atoms with Crippen molar-refractivity contribution in [2.75, 3.05) is 19.0 Å². The number of amides is 3. The number of carbonyl (C=O) groups is 4. The van der Waals surface area contributed by atoms with E-state index in [1.807, 2.05) is 0 Å². The largest absolute Gasteiger partial charge is 0.452 e. The number of rotatable bonds is 4. The minimum Gasteiger partial charge on any atom is -0.452 e. The second-order valence-corrected chi connectivity index (χ2v) is 6.52. The van der Waals surface area contributed by atoms with E-state index in [0.29, 0.717) is 5.02 Å². The number of ether oxygens (including phenoxy) is 1. The third-order valence-corrected chi connectivity index (χ3v) is 4.43. The van der Waals surface area contributed by atoms with Crippen LogP contribution in [0.5, 0.6) is 0 Å². The van der Waals surface area contributed by atoms with E-state index in [-0.39, 0.29) is 27.4 Å². The molecule has 1 heterocycles. The highest BCUT2D eigenvalue weighted by atomic mass is 35.5. The zero-order valence-electron chi connectivity index (χ0n) is 13.9. The van der Waals surface area contributed by atoms with Gasteiger partial charge in [-0.1, -0.05) is 23.2 Å². The molecule has 27 heavy (non-hydrogen) atoms. The maximum Gasteiger partial charge on any atom is 0.338 e. The van der Waals surface area contributed by atoms with E-state index >= 15 is 0 Å². The van der Waals surface area contributed by atoms with Crippen LogP contribution in [0.1, 0.15) is 31.1 Å². The molecule has 0 aromatic heterocycles. The van der Waals surface area contributed by atoms with Crippen LogP contribution in [-0.4, -0.2) is 42.2 Å². The van der Waals surface area contributed by atoms with Crippen LogP contribution in [0.2, 0.25) is 10.0 Å². The Balaban J connectivity index is 1.65. The van der Waals surface area contributed by atoms with Crippen molar-refractivity contribution in [3.05, 3.63) is 63.1 Å². The molecule has 0 saturated heterocycles. The summed E-state index contributed by atoms with van der Waals surface area (Å²) in [6.07, 6.45) is 0. The van der Waals surface area contributed by atoms with Gasteiger partial charge in [-0.3, -0.25) is 19.3 Å². The number of benzene rings is 2. The molecule has 0 saturated carbocycles. The Labute approximate surface area is 163 Å². The third kappa shape index (κ3) is 3.79. The second-order valence-electron chi connectivity index (χ2n) is 5.68. The number of hydrogen-bond acceptors (Lipinski definition) is 5. The van der Waals surface area contributed by atoms with Crippen LogP contribution in [0.3, 0.4) is 0 Å². The van der Waals surface area contributed by atoms with Crippen molar-refractivity contribution in [1.82, 2.24) is 4.90 Å². The van der Waals surface area contributed by atoms with Gasteiger partial charge in [0.25, 0.3) is 17.7 Å². The number of fused-ring (bicyclic) bond motifs is 1. The van der Waals surface area contributed by atoms with Gasteiger partial charge in [-0.25, -0.2) is 4.79 Å². The summed E-state index contributed by atoms with van der Waals surface area (Å²) in [6.45, 7) is -0.564. The van der Waals surface area contributed by atoms with E-state index in [4.69, 9.17) is 27.9 Å². The average Bonchev–Trinajstić information content (AvgIpc) is 2.86. The van der Waals surface area contributed by atoms with Crippen LogP contribution in [-0.2, 0) is 9.53 Å². The molecule has 0 aliphatic carbocycles. The van der Waals surface area contributed by atoms with E-state index in [1.54, 1.807) is 6.07 Å². The van der Waals surface area contributed by atoms with E-state index in [1.165, 1.54) is 37.4 Å². The molecule has 138 valence electrons. The predicted octanol–water partition coefficient (Wildman–Crippen LogP) is 3.01. The minimum absolute atomic E-state index is 0.0544. The van der Waals surface area contributed by atoms with Crippen LogP contribution < -0.4 is 5.32 Å². The first kappa shape index (κ1) is 18.9. The Hall–Kier alpha value is -2.90. The maximum absolute atomic E-state index is 12.1. The summed E-state index contributed by atoms with van der Waals surface area (Å²) < 4.78 is 4.94. The molecule has 3 amide bonds. The van der Waals surface area contributed by atoms with Crippen molar-refractivity contribution in [3.63, 3.8) is 0 Å². The van der Waals surface area contributed by atoms with Crippen molar-refractivity contribution in [2.45, 2.75) is 0 Å². The van der Waals surface area contributed by atoms with Crippen molar-refractivity contribution < 1.29 is 23.9 Å². The fourth-order valence-corrected chi connectivity index (χ4v) is 2.82. The molecule has 2 aromatic carbocycles. The lowest BCUT2D eigenvalue weighted by Crippen LogP contribution is -2.24. The standard InChI is InChI=1S/C18H12Cl2N2O5/c1-22-16(24)11-4-2-9(6-12(11)17(22)25)18(26)27-8-15(23)21-14-7-10(19)3-5-13(14)20/h2-7H,8H2,1H3,(H,21,23). The summed E-state index contributed by atoms with van der Waals surface area (Å²) in [7, 11) is 1.36. The predicted molar refractivity (Wildman–Crippen MR) is 98.2 cm³/mol. The lowest BCUT2D eigenvalue weighted by molar-refractivity contribution is -0.119. The zero-order chi connectivity index (χ0) is 19.7. The van der Waals surface area contributed by atoms with Gasteiger partial charge >= 0.3 is 5.97 Å². The first-order valence-corrected chi connectivity index (χ1v) is 8.42. The number of imide groups is 1. The van der Waals surface area contributed by atoms with E-state index in [2.05, 4.69) is 5.32 Å². The third-order valence-electron chi connectivity index (χ3n) is 3.86. The molecule has 1 aliphatic rings. The molecule has 2 aromatic rings. The molecular formula is C18H12Cl2N2O5. The minimum atomic E-state index is -0.806. The van der Waals surface area contributed by atoms with Gasteiger partial charge in [0.2, 0.25) is 0 Å². The summed E-state index contributed by atoms with van der Waals surface area (Å²) in [5.74, 6) is -2.36. The number of hydrogen-bond donors (Lipinski definition) is 1. The van der Waals surface area contributed by atoms with Crippen molar-refractivity contribution in [1.29, 1.82) is 0 Å². The number of halogens is 2. The van der Waals surface area contributed by atoms with Gasteiger partial charge in [-0.2, -0.15) is 0 Å². The quantitative estimate of drug-likeness (QED) is 0.622. The summed E-state index contributed by atoms with van der Waals surface area (Å²) in [6, 6.07) is 8.55. The molecule has 0 spiro atoms. The smallest absolute Gasteiger partial charge is 0.338 e. The van der Waals surface area contributed by atoms with Crippen LogP contribution in [0, 0.1) is 0 Å². The van der Waals surface area contributed by atoms with Gasteiger partial charge in [0.1, 0.15) is 0 Å². The van der Waals surface area contributed by atoms with Gasteiger partial charge in [0.15, 0.2) is 6.61 Å². The molecule has 0 unspecified atom stereocenters. The second kappa shape index (κ2) is 7.38. The van der Waals surface area contributed by atoms with Gasteiger partial charge < -0.3 is 10.1 Å². The van der Waals surface area contributed by atoms with E-state index < -0.39 is 30.3 Å². The van der Waals surface area contributed by atoms with Crippen LogP contribution in [0.4, 0.5) is 5.69 Å². The van der Waals surface area contributed by atoms with E-state index in [0.717, 1.165) is 4.90 Å². The Kier molecular flexibility index (Phi) is 5.16. The van der Waals surface area contributed by atoms with Crippen LogP contribution >= 0.6 is 23.2 Å². The molecule has 3 rings (SSSR count). The lowest BCUT2D eigenvalue weighted by atomic mass is 10.1. The molecule has 0 radical (unpaired) electrons. The van der Waals surface area contributed by atoms with Crippen molar-refractivity contribution in [3.8, 4) is 0 Å². The normalized spacial score (nSPS) is 12.8. The number of carbonyl (C=O) groups excluding carboxylic acids is 4.